The molecular formula is C17H21N3O. The second-order valence-corrected chi connectivity index (χ2v) is 6.00. The highest BCUT2D eigenvalue weighted by Crippen LogP contribution is 2.19. The van der Waals surface area contributed by atoms with Gasteiger partial charge in [-0.1, -0.05) is 26.8 Å². The van der Waals surface area contributed by atoms with Crippen molar-refractivity contribution >= 4 is 17.3 Å². The average molecular weight is 283 g/mol. The van der Waals surface area contributed by atoms with E-state index in [0.29, 0.717) is 0 Å². The van der Waals surface area contributed by atoms with Gasteiger partial charge in [0.15, 0.2) is 0 Å². The lowest BCUT2D eigenvalue weighted by molar-refractivity contribution is -0.123. The number of aromatic nitrogens is 1. The van der Waals surface area contributed by atoms with Crippen LogP contribution in [0.2, 0.25) is 0 Å². The zero-order chi connectivity index (χ0) is 15.3. The molecule has 0 radical (unpaired) electrons. The van der Waals surface area contributed by atoms with Gasteiger partial charge in [0.1, 0.15) is 0 Å². The van der Waals surface area contributed by atoms with Crippen LogP contribution in [0.5, 0.6) is 0 Å². The normalized spacial score (nSPS) is 11.0. The Labute approximate surface area is 125 Å². The van der Waals surface area contributed by atoms with Gasteiger partial charge in [-0.25, -0.2) is 0 Å². The molecule has 21 heavy (non-hydrogen) atoms. The molecule has 4 nitrogen and oxygen atoms in total. The zero-order valence-electron chi connectivity index (χ0n) is 12.7. The second-order valence-electron chi connectivity index (χ2n) is 6.00. The summed E-state index contributed by atoms with van der Waals surface area (Å²) in [5.41, 5.74) is 2.55. The maximum absolute atomic E-state index is 11.9. The number of nitrogens with zero attached hydrogens (tertiary/aromatic N) is 1. The van der Waals surface area contributed by atoms with Crippen LogP contribution in [0.4, 0.5) is 11.4 Å². The Morgan fingerprint density at radius 1 is 1.10 bits per heavy atom. The Kier molecular flexibility index (Phi) is 4.58. The average Bonchev–Trinajstić information content (AvgIpc) is 2.46. The van der Waals surface area contributed by atoms with Gasteiger partial charge in [-0.2, -0.15) is 0 Å². The Hall–Kier alpha value is -2.36. The number of carbonyl (C=O) groups is 1. The molecule has 1 heterocycles. The van der Waals surface area contributed by atoms with Crippen molar-refractivity contribution in [2.24, 2.45) is 5.41 Å². The van der Waals surface area contributed by atoms with E-state index in [4.69, 9.17) is 0 Å². The maximum Gasteiger partial charge on any atom is 0.229 e. The van der Waals surface area contributed by atoms with Crippen LogP contribution in [-0.4, -0.2) is 10.9 Å². The molecule has 110 valence electrons. The highest BCUT2D eigenvalue weighted by Gasteiger charge is 2.20. The lowest BCUT2D eigenvalue weighted by atomic mass is 9.95. The molecule has 0 bridgehead atoms. The van der Waals surface area contributed by atoms with E-state index in [9.17, 15) is 4.79 Å². The van der Waals surface area contributed by atoms with Crippen molar-refractivity contribution < 1.29 is 4.79 Å². The molecule has 2 N–H and O–H groups in total. The van der Waals surface area contributed by atoms with E-state index in [1.54, 1.807) is 6.20 Å². The van der Waals surface area contributed by atoms with Crippen molar-refractivity contribution in [3.8, 4) is 0 Å². The number of amides is 1. The monoisotopic (exact) mass is 283 g/mol. The molecule has 0 saturated heterocycles. The lowest BCUT2D eigenvalue weighted by Crippen LogP contribution is -2.27. The third kappa shape index (κ3) is 4.60. The smallest absolute Gasteiger partial charge is 0.229 e. The minimum Gasteiger partial charge on any atom is -0.381 e. The van der Waals surface area contributed by atoms with Crippen molar-refractivity contribution in [3.63, 3.8) is 0 Å². The molecule has 0 spiro atoms. The largest absolute Gasteiger partial charge is 0.381 e. The number of anilines is 2. The van der Waals surface area contributed by atoms with Gasteiger partial charge in [0, 0.05) is 35.7 Å². The summed E-state index contributed by atoms with van der Waals surface area (Å²) < 4.78 is 0. The first-order valence-corrected chi connectivity index (χ1v) is 6.99. The number of hydrogen-bond donors (Lipinski definition) is 2. The number of carbonyl (C=O) groups excluding carboxylic acids is 1. The van der Waals surface area contributed by atoms with Crippen LogP contribution in [0.25, 0.3) is 0 Å². The van der Waals surface area contributed by atoms with E-state index in [1.165, 1.54) is 0 Å². The fraction of sp³-hybridized carbons (Fsp3) is 0.294. The Morgan fingerprint density at radius 3 is 2.33 bits per heavy atom. The van der Waals surface area contributed by atoms with E-state index >= 15 is 0 Å². The van der Waals surface area contributed by atoms with Gasteiger partial charge in [-0.05, 0) is 35.9 Å². The summed E-state index contributed by atoms with van der Waals surface area (Å²) in [7, 11) is 0. The first kappa shape index (κ1) is 15.0. The van der Waals surface area contributed by atoms with Gasteiger partial charge in [0.2, 0.25) is 5.91 Å². The molecule has 2 aromatic rings. The minimum atomic E-state index is -0.392. The molecule has 0 unspecified atom stereocenters. The van der Waals surface area contributed by atoms with E-state index in [1.807, 2.05) is 63.4 Å². The van der Waals surface area contributed by atoms with Crippen LogP contribution in [0.3, 0.4) is 0 Å². The van der Waals surface area contributed by atoms with Gasteiger partial charge < -0.3 is 10.6 Å². The first-order valence-electron chi connectivity index (χ1n) is 6.99. The third-order valence-electron chi connectivity index (χ3n) is 3.04. The molecule has 0 atom stereocenters. The van der Waals surface area contributed by atoms with Gasteiger partial charge in [-0.15, -0.1) is 0 Å². The predicted molar refractivity (Wildman–Crippen MR) is 86.1 cm³/mol. The number of benzene rings is 1. The van der Waals surface area contributed by atoms with Crippen LogP contribution in [-0.2, 0) is 11.3 Å². The second kappa shape index (κ2) is 6.39. The predicted octanol–water partition coefficient (Wildman–Crippen LogP) is 3.68. The molecule has 0 fully saturated rings. The van der Waals surface area contributed by atoms with E-state index in [2.05, 4.69) is 15.6 Å². The van der Waals surface area contributed by atoms with Gasteiger partial charge in [0.25, 0.3) is 0 Å². The number of nitrogens with one attached hydrogen (secondary N) is 2. The Morgan fingerprint density at radius 2 is 1.76 bits per heavy atom. The number of pyridine rings is 1. The van der Waals surface area contributed by atoms with Crippen molar-refractivity contribution in [1.29, 1.82) is 0 Å². The van der Waals surface area contributed by atoms with Crippen molar-refractivity contribution in [3.05, 3.63) is 54.4 Å². The molecule has 1 aromatic carbocycles. The fourth-order valence-electron chi connectivity index (χ4n) is 1.70. The quantitative estimate of drug-likeness (QED) is 0.900. The summed E-state index contributed by atoms with van der Waals surface area (Å²) in [6, 6.07) is 11.6. The van der Waals surface area contributed by atoms with Crippen LogP contribution in [0.1, 0.15) is 26.3 Å². The summed E-state index contributed by atoms with van der Waals surface area (Å²) >= 11 is 0. The molecule has 2 rings (SSSR count). The molecule has 0 aliphatic carbocycles. The summed E-state index contributed by atoms with van der Waals surface area (Å²) in [6.07, 6.45) is 3.60. The van der Waals surface area contributed by atoms with Crippen molar-refractivity contribution in [2.75, 3.05) is 10.6 Å². The van der Waals surface area contributed by atoms with Crippen molar-refractivity contribution in [2.45, 2.75) is 27.3 Å². The summed E-state index contributed by atoms with van der Waals surface area (Å²) in [4.78, 5) is 16.0. The molecule has 0 saturated carbocycles. The SMILES string of the molecule is CC(C)(C)C(=O)Nc1ccc(NCc2cccnc2)cc1. The minimum absolute atomic E-state index is 0.0126. The van der Waals surface area contributed by atoms with Crippen LogP contribution in [0.15, 0.2) is 48.8 Å². The zero-order valence-corrected chi connectivity index (χ0v) is 12.7. The van der Waals surface area contributed by atoms with Gasteiger partial charge in [-0.3, -0.25) is 9.78 Å². The van der Waals surface area contributed by atoms with Crippen LogP contribution >= 0.6 is 0 Å². The highest BCUT2D eigenvalue weighted by molar-refractivity contribution is 5.94. The molecule has 0 aliphatic rings. The third-order valence-corrected chi connectivity index (χ3v) is 3.04. The van der Waals surface area contributed by atoms with Crippen molar-refractivity contribution in [1.82, 2.24) is 4.98 Å². The number of hydrogen-bond acceptors (Lipinski definition) is 3. The van der Waals surface area contributed by atoms with E-state index < -0.39 is 5.41 Å². The number of rotatable bonds is 4. The van der Waals surface area contributed by atoms with Crippen LogP contribution < -0.4 is 10.6 Å². The Balaban J connectivity index is 1.92. The molecule has 1 amide bonds. The van der Waals surface area contributed by atoms with Gasteiger partial charge >= 0.3 is 0 Å². The standard InChI is InChI=1S/C17H21N3O/c1-17(2,3)16(21)20-15-8-6-14(7-9-15)19-12-13-5-4-10-18-11-13/h4-11,19H,12H2,1-3H3,(H,20,21). The van der Waals surface area contributed by atoms with Crippen LogP contribution in [0, 0.1) is 5.41 Å². The van der Waals surface area contributed by atoms with E-state index in [0.717, 1.165) is 23.5 Å². The topological polar surface area (TPSA) is 54.0 Å². The molecule has 1 aromatic heterocycles. The Bertz CT molecular complexity index is 586. The van der Waals surface area contributed by atoms with Gasteiger partial charge in [0.05, 0.1) is 0 Å². The van der Waals surface area contributed by atoms with E-state index in [-0.39, 0.29) is 5.91 Å². The highest BCUT2D eigenvalue weighted by atomic mass is 16.2. The lowest BCUT2D eigenvalue weighted by Gasteiger charge is -2.17. The summed E-state index contributed by atoms with van der Waals surface area (Å²) in [5, 5.41) is 6.23. The molecule has 0 aliphatic heterocycles. The first-order chi connectivity index (χ1) is 9.95. The molecular weight excluding hydrogens is 262 g/mol. The maximum atomic E-state index is 11.9. The molecule has 4 heteroatoms. The fourth-order valence-corrected chi connectivity index (χ4v) is 1.70. The summed E-state index contributed by atoms with van der Waals surface area (Å²) in [5.74, 6) is 0.0126. The summed E-state index contributed by atoms with van der Waals surface area (Å²) in [6.45, 7) is 6.41.